The highest BCUT2D eigenvalue weighted by Gasteiger charge is 2.22. The van der Waals surface area contributed by atoms with Gasteiger partial charge < -0.3 is 9.13 Å². The van der Waals surface area contributed by atoms with Gasteiger partial charge in [-0.25, -0.2) is 0 Å². The van der Waals surface area contributed by atoms with Gasteiger partial charge in [0.05, 0.1) is 62.3 Å². The van der Waals surface area contributed by atoms with Crippen LogP contribution in [0, 0.1) is 34.0 Å². The predicted octanol–water partition coefficient (Wildman–Crippen LogP) is 10.8. The maximum absolute atomic E-state index is 10.9. The molecule has 0 radical (unpaired) electrons. The second kappa shape index (κ2) is 11.4. The number of fused-ring (bicyclic) bond motifs is 6. The van der Waals surface area contributed by atoms with Gasteiger partial charge in [0.15, 0.2) is 0 Å². The zero-order chi connectivity index (χ0) is 33.8. The predicted molar refractivity (Wildman–Crippen MR) is 200 cm³/mol. The van der Waals surface area contributed by atoms with E-state index in [-0.39, 0.29) is 0 Å². The van der Waals surface area contributed by atoms with Gasteiger partial charge in [0, 0.05) is 32.7 Å². The van der Waals surface area contributed by atoms with E-state index in [1.807, 2.05) is 103 Å². The molecule has 0 aliphatic rings. The van der Waals surface area contributed by atoms with Crippen LogP contribution in [0.3, 0.4) is 0 Å². The summed E-state index contributed by atoms with van der Waals surface area (Å²) in [6, 6.07) is 57.7. The lowest BCUT2D eigenvalue weighted by Gasteiger charge is -2.19. The Hall–Kier alpha value is -7.39. The van der Waals surface area contributed by atoms with E-state index in [1.54, 1.807) is 0 Å². The lowest BCUT2D eigenvalue weighted by atomic mass is 9.89. The summed E-state index contributed by atoms with van der Waals surface area (Å²) in [6.07, 6.45) is 0. The zero-order valence-electron chi connectivity index (χ0n) is 26.7. The lowest BCUT2D eigenvalue weighted by molar-refractivity contribution is 1.17. The molecule has 50 heavy (non-hydrogen) atoms. The van der Waals surface area contributed by atoms with Gasteiger partial charge in [-0.15, -0.1) is 0 Å². The minimum absolute atomic E-state index is 0.508. The monoisotopic (exact) mass is 635 g/mol. The standard InChI is InChI=1S/C45H25N5/c46-26-29-20-22-32(33-10-1-5-15-40(33)50-43-18-8-4-13-36(43)38-25-30(27-47)21-23-45(38)50)37(24-29)31-14-9-19-44(39(31)28-48)49-41-16-6-2-11-34(41)35-12-3-7-17-42(35)49/h1-25H. The molecule has 0 amide bonds. The Morgan fingerprint density at radius 3 is 1.50 bits per heavy atom. The Balaban J connectivity index is 1.33. The van der Waals surface area contributed by atoms with Crippen LogP contribution in [0.15, 0.2) is 152 Å². The quantitative estimate of drug-likeness (QED) is 0.193. The first-order valence-electron chi connectivity index (χ1n) is 16.3. The van der Waals surface area contributed by atoms with Gasteiger partial charge in [-0.3, -0.25) is 0 Å². The first-order valence-corrected chi connectivity index (χ1v) is 16.3. The fourth-order valence-corrected chi connectivity index (χ4v) is 7.52. The van der Waals surface area contributed by atoms with Crippen LogP contribution < -0.4 is 0 Å². The third-order valence-electron chi connectivity index (χ3n) is 9.65. The molecule has 0 atom stereocenters. The summed E-state index contributed by atoms with van der Waals surface area (Å²) in [4.78, 5) is 0. The maximum Gasteiger partial charge on any atom is 0.102 e. The number of hydrogen-bond acceptors (Lipinski definition) is 3. The first-order chi connectivity index (χ1) is 24.7. The smallest absolute Gasteiger partial charge is 0.102 e. The molecule has 7 aromatic carbocycles. The van der Waals surface area contributed by atoms with Gasteiger partial charge in [0.2, 0.25) is 0 Å². The van der Waals surface area contributed by atoms with Gasteiger partial charge in [-0.2, -0.15) is 15.8 Å². The SMILES string of the molecule is N#Cc1ccc(-c2ccccc2-n2c3ccccc3c3cc(C#N)ccc32)c(-c2cccc(-n3c4ccccc4c4ccccc43)c2C#N)c1. The topological polar surface area (TPSA) is 81.2 Å². The van der Waals surface area contributed by atoms with E-state index in [9.17, 15) is 15.8 Å². The molecule has 9 aromatic rings. The maximum atomic E-state index is 10.9. The second-order valence-corrected chi connectivity index (χ2v) is 12.3. The Morgan fingerprint density at radius 1 is 0.340 bits per heavy atom. The van der Waals surface area contributed by atoms with Crippen LogP contribution >= 0.6 is 0 Å². The molecule has 0 aliphatic carbocycles. The van der Waals surface area contributed by atoms with Crippen molar-refractivity contribution in [2.45, 2.75) is 0 Å². The molecule has 0 saturated carbocycles. The van der Waals surface area contributed by atoms with Crippen molar-refractivity contribution in [3.8, 4) is 51.8 Å². The van der Waals surface area contributed by atoms with Crippen molar-refractivity contribution < 1.29 is 0 Å². The van der Waals surface area contributed by atoms with E-state index in [0.29, 0.717) is 16.7 Å². The Kier molecular flexibility index (Phi) is 6.56. The number of para-hydroxylation sites is 4. The first kappa shape index (κ1) is 28.8. The van der Waals surface area contributed by atoms with Crippen LogP contribution in [0.4, 0.5) is 0 Å². The fraction of sp³-hybridized carbons (Fsp3) is 0. The summed E-state index contributed by atoms with van der Waals surface area (Å²) in [6.45, 7) is 0. The van der Waals surface area contributed by atoms with Gasteiger partial charge in [0.1, 0.15) is 6.07 Å². The molecule has 230 valence electrons. The molecule has 5 nitrogen and oxygen atoms in total. The molecule has 0 aliphatic heterocycles. The summed E-state index contributed by atoms with van der Waals surface area (Å²) in [5.41, 5.74) is 10.8. The third-order valence-corrected chi connectivity index (χ3v) is 9.65. The fourth-order valence-electron chi connectivity index (χ4n) is 7.52. The molecule has 0 spiro atoms. The highest BCUT2D eigenvalue weighted by molar-refractivity contribution is 6.11. The molecule has 2 aromatic heterocycles. The molecule has 0 bridgehead atoms. The average molecular weight is 636 g/mol. The number of nitrogens with zero attached hydrogens (tertiary/aromatic N) is 5. The van der Waals surface area contributed by atoms with E-state index in [1.165, 1.54) is 0 Å². The summed E-state index contributed by atoms with van der Waals surface area (Å²) in [7, 11) is 0. The molecule has 0 fully saturated rings. The Bertz CT molecular complexity index is 2920. The number of nitriles is 3. The van der Waals surface area contributed by atoms with Crippen molar-refractivity contribution in [2.75, 3.05) is 0 Å². The highest BCUT2D eigenvalue weighted by Crippen LogP contribution is 2.42. The van der Waals surface area contributed by atoms with Gasteiger partial charge in [-0.1, -0.05) is 91.0 Å². The number of benzene rings is 7. The summed E-state index contributed by atoms with van der Waals surface area (Å²) < 4.78 is 4.41. The van der Waals surface area contributed by atoms with Crippen LogP contribution in [-0.4, -0.2) is 9.13 Å². The van der Waals surface area contributed by atoms with E-state index < -0.39 is 0 Å². The Labute approximate surface area is 287 Å². The molecule has 0 N–H and O–H groups in total. The van der Waals surface area contributed by atoms with Crippen LogP contribution in [-0.2, 0) is 0 Å². The van der Waals surface area contributed by atoms with E-state index in [4.69, 9.17) is 0 Å². The Morgan fingerprint density at radius 2 is 0.840 bits per heavy atom. The minimum Gasteiger partial charge on any atom is -0.309 e. The van der Waals surface area contributed by atoms with Crippen LogP contribution in [0.1, 0.15) is 16.7 Å². The normalized spacial score (nSPS) is 11.1. The summed E-state index contributed by atoms with van der Waals surface area (Å²) in [5.74, 6) is 0. The van der Waals surface area contributed by atoms with E-state index in [2.05, 4.69) is 75.9 Å². The number of rotatable bonds is 4. The highest BCUT2D eigenvalue weighted by atomic mass is 15.0. The zero-order valence-corrected chi connectivity index (χ0v) is 26.7. The molecule has 9 rings (SSSR count). The molecule has 0 saturated heterocycles. The van der Waals surface area contributed by atoms with Crippen LogP contribution in [0.25, 0.3) is 77.2 Å². The van der Waals surface area contributed by atoms with Crippen LogP contribution in [0.2, 0.25) is 0 Å². The molecule has 2 heterocycles. The minimum atomic E-state index is 0.508. The van der Waals surface area contributed by atoms with E-state index in [0.717, 1.165) is 77.2 Å². The molecular weight excluding hydrogens is 611 g/mol. The third kappa shape index (κ3) is 4.24. The van der Waals surface area contributed by atoms with Gasteiger partial charge in [0.25, 0.3) is 0 Å². The van der Waals surface area contributed by atoms with Gasteiger partial charge in [-0.05, 0) is 71.8 Å². The van der Waals surface area contributed by atoms with Crippen molar-refractivity contribution in [1.82, 2.24) is 9.13 Å². The molecular formula is C45H25N5. The van der Waals surface area contributed by atoms with Gasteiger partial charge >= 0.3 is 0 Å². The summed E-state index contributed by atoms with van der Waals surface area (Å²) in [5, 5.41) is 35.0. The summed E-state index contributed by atoms with van der Waals surface area (Å²) >= 11 is 0. The van der Waals surface area contributed by atoms with Crippen molar-refractivity contribution in [3.05, 3.63) is 168 Å². The van der Waals surface area contributed by atoms with Crippen molar-refractivity contribution in [3.63, 3.8) is 0 Å². The van der Waals surface area contributed by atoms with Crippen LogP contribution in [0.5, 0.6) is 0 Å². The average Bonchev–Trinajstić information content (AvgIpc) is 3.69. The second-order valence-electron chi connectivity index (χ2n) is 12.3. The molecule has 0 unspecified atom stereocenters. The van der Waals surface area contributed by atoms with Crippen molar-refractivity contribution in [2.24, 2.45) is 0 Å². The molecule has 5 heteroatoms. The lowest BCUT2D eigenvalue weighted by Crippen LogP contribution is -2.01. The largest absolute Gasteiger partial charge is 0.309 e. The van der Waals surface area contributed by atoms with E-state index >= 15 is 0 Å². The van der Waals surface area contributed by atoms with Crippen molar-refractivity contribution in [1.29, 1.82) is 15.8 Å². The van der Waals surface area contributed by atoms with Crippen molar-refractivity contribution >= 4 is 43.6 Å². The number of aromatic nitrogens is 2. The number of hydrogen-bond donors (Lipinski definition) is 0.